The second kappa shape index (κ2) is 4.64. The maximum atomic E-state index is 11.7. The van der Waals surface area contributed by atoms with Crippen LogP contribution >= 0.6 is 0 Å². The molecular weight excluding hydrogens is 196 g/mol. The third-order valence-electron chi connectivity index (χ3n) is 2.46. The Morgan fingerprint density at radius 2 is 2.33 bits per heavy atom. The molecule has 0 aromatic rings. The maximum absolute atomic E-state index is 11.7. The molecule has 0 aromatic heterocycles. The summed E-state index contributed by atoms with van der Waals surface area (Å²) in [6.45, 7) is 4.59. The van der Waals surface area contributed by atoms with Gasteiger partial charge < -0.3 is 9.47 Å². The second-order valence-corrected chi connectivity index (χ2v) is 4.22. The highest BCUT2D eigenvalue weighted by Gasteiger charge is 2.53. The summed E-state index contributed by atoms with van der Waals surface area (Å²) in [6.07, 6.45) is 1.34. The Morgan fingerprint density at radius 1 is 1.73 bits per heavy atom. The number of ether oxygens (including phenoxy) is 2. The van der Waals surface area contributed by atoms with Crippen LogP contribution in [0.3, 0.4) is 0 Å². The van der Waals surface area contributed by atoms with Gasteiger partial charge in [0.15, 0.2) is 0 Å². The van der Waals surface area contributed by atoms with Crippen molar-refractivity contribution in [2.45, 2.75) is 45.6 Å². The molecule has 86 valence electrons. The number of cyclic esters (lactones) is 1. The fourth-order valence-electron chi connectivity index (χ4n) is 1.53. The maximum Gasteiger partial charge on any atom is 0.351 e. The molecule has 2 unspecified atom stereocenters. The zero-order valence-electron chi connectivity index (χ0n) is 10.4. The second-order valence-electron chi connectivity index (χ2n) is 4.22. The van der Waals surface area contributed by atoms with Crippen LogP contribution in [0.4, 0.5) is 0 Å². The normalized spacial score (nSPS) is 27.7. The molecule has 0 amide bonds. The first-order valence-corrected chi connectivity index (χ1v) is 5.21. The zero-order chi connectivity index (χ0) is 12.3. The van der Waals surface area contributed by atoms with E-state index in [1.165, 1.54) is 6.92 Å². The molecule has 4 nitrogen and oxygen atoms in total. The minimum absolute atomic E-state index is 0.0747. The SMILES string of the molecule is [3H]C(C)OC(=O)C1(CCC(C)C)CC(=O)O1. The van der Waals surface area contributed by atoms with Crippen molar-refractivity contribution < 1.29 is 20.4 Å². The molecule has 0 aliphatic carbocycles. The molecule has 2 atom stereocenters. The Morgan fingerprint density at radius 3 is 2.73 bits per heavy atom. The Kier molecular flexibility index (Phi) is 3.23. The summed E-state index contributed by atoms with van der Waals surface area (Å²) in [6, 6.07) is 0. The summed E-state index contributed by atoms with van der Waals surface area (Å²) in [7, 11) is 0. The molecule has 0 bridgehead atoms. The van der Waals surface area contributed by atoms with Gasteiger partial charge >= 0.3 is 11.9 Å². The van der Waals surface area contributed by atoms with Crippen LogP contribution in [-0.2, 0) is 19.1 Å². The van der Waals surface area contributed by atoms with E-state index >= 15 is 0 Å². The Hall–Kier alpha value is -1.06. The van der Waals surface area contributed by atoms with Crippen LogP contribution in [0.15, 0.2) is 0 Å². The van der Waals surface area contributed by atoms with E-state index in [1.807, 2.05) is 13.8 Å². The number of carbonyl (C=O) groups excluding carboxylic acids is 2. The predicted octanol–water partition coefficient (Wildman–Crippen LogP) is 1.67. The van der Waals surface area contributed by atoms with Gasteiger partial charge in [-0.3, -0.25) is 4.79 Å². The summed E-state index contributed by atoms with van der Waals surface area (Å²) in [4.78, 5) is 22.6. The van der Waals surface area contributed by atoms with E-state index in [0.29, 0.717) is 12.3 Å². The van der Waals surface area contributed by atoms with E-state index in [2.05, 4.69) is 0 Å². The number of hydrogen-bond acceptors (Lipinski definition) is 4. The molecule has 1 aliphatic rings. The Bertz CT molecular complexity index is 278. The summed E-state index contributed by atoms with van der Waals surface area (Å²) < 4.78 is 16.9. The van der Waals surface area contributed by atoms with Crippen LogP contribution in [0.1, 0.15) is 41.4 Å². The van der Waals surface area contributed by atoms with E-state index in [-0.39, 0.29) is 12.4 Å². The predicted molar refractivity (Wildman–Crippen MR) is 54.1 cm³/mol. The van der Waals surface area contributed by atoms with E-state index < -0.39 is 18.2 Å². The summed E-state index contributed by atoms with van der Waals surface area (Å²) >= 11 is 0. The Balaban J connectivity index is 2.59. The number of hydrogen-bond donors (Lipinski definition) is 0. The van der Waals surface area contributed by atoms with Gasteiger partial charge in [0.1, 0.15) is 0 Å². The van der Waals surface area contributed by atoms with E-state index in [9.17, 15) is 9.59 Å². The van der Waals surface area contributed by atoms with Crippen LogP contribution in [-0.4, -0.2) is 24.1 Å². The van der Waals surface area contributed by atoms with Crippen molar-refractivity contribution in [3.05, 3.63) is 0 Å². The van der Waals surface area contributed by atoms with Gasteiger partial charge in [0.05, 0.1) is 14.4 Å². The minimum Gasteiger partial charge on any atom is -0.463 e. The zero-order valence-corrected chi connectivity index (χ0v) is 9.41. The van der Waals surface area contributed by atoms with Crippen molar-refractivity contribution in [3.63, 3.8) is 0 Å². The van der Waals surface area contributed by atoms with Gasteiger partial charge in [-0.1, -0.05) is 13.8 Å². The molecular formula is C11H18O4. The van der Waals surface area contributed by atoms with Crippen molar-refractivity contribution in [2.24, 2.45) is 5.92 Å². The molecule has 1 fully saturated rings. The molecule has 15 heavy (non-hydrogen) atoms. The lowest BCUT2D eigenvalue weighted by Gasteiger charge is -2.38. The average molecular weight is 216 g/mol. The number of esters is 2. The standard InChI is InChI=1S/C11H18O4/c1-4-14-10(13)11(6-5-8(2)3)7-9(12)15-11/h8H,4-7H2,1-3H3/i4T. The lowest BCUT2D eigenvalue weighted by molar-refractivity contribution is -0.209. The van der Waals surface area contributed by atoms with Crippen molar-refractivity contribution >= 4 is 11.9 Å². The largest absolute Gasteiger partial charge is 0.463 e. The van der Waals surface area contributed by atoms with Gasteiger partial charge in [-0.25, -0.2) is 4.79 Å². The first kappa shape index (κ1) is 10.5. The van der Waals surface area contributed by atoms with Gasteiger partial charge in [0.2, 0.25) is 5.60 Å². The topological polar surface area (TPSA) is 52.6 Å². The van der Waals surface area contributed by atoms with Gasteiger partial charge in [0, 0.05) is 0 Å². The summed E-state index contributed by atoms with van der Waals surface area (Å²) in [5, 5.41) is 0. The molecule has 1 saturated heterocycles. The summed E-state index contributed by atoms with van der Waals surface area (Å²) in [5.74, 6) is -0.536. The lowest BCUT2D eigenvalue weighted by Crippen LogP contribution is -2.54. The van der Waals surface area contributed by atoms with Crippen LogP contribution in [0.2, 0.25) is 0 Å². The quantitative estimate of drug-likeness (QED) is 0.656. The first-order chi connectivity index (χ1) is 7.35. The van der Waals surface area contributed by atoms with E-state index in [0.717, 1.165) is 6.42 Å². The van der Waals surface area contributed by atoms with Gasteiger partial charge in [0.25, 0.3) is 0 Å². The van der Waals surface area contributed by atoms with Crippen molar-refractivity contribution in [2.75, 3.05) is 6.58 Å². The molecule has 0 aromatic carbocycles. The van der Waals surface area contributed by atoms with E-state index in [4.69, 9.17) is 10.8 Å². The molecule has 0 N–H and O–H groups in total. The highest BCUT2D eigenvalue weighted by Crippen LogP contribution is 2.35. The fraction of sp³-hybridized carbons (Fsp3) is 0.818. The van der Waals surface area contributed by atoms with E-state index in [1.54, 1.807) is 0 Å². The molecule has 0 saturated carbocycles. The molecule has 0 radical (unpaired) electrons. The van der Waals surface area contributed by atoms with Crippen molar-refractivity contribution in [1.29, 1.82) is 0 Å². The third-order valence-corrected chi connectivity index (χ3v) is 2.46. The van der Waals surface area contributed by atoms with Crippen molar-refractivity contribution in [3.8, 4) is 0 Å². The number of rotatable bonds is 5. The fourth-order valence-corrected chi connectivity index (χ4v) is 1.53. The molecule has 1 heterocycles. The van der Waals surface area contributed by atoms with Gasteiger partial charge in [-0.05, 0) is 25.7 Å². The minimum atomic E-state index is -1.11. The number of carbonyl (C=O) groups is 2. The smallest absolute Gasteiger partial charge is 0.351 e. The molecule has 1 rings (SSSR count). The van der Waals surface area contributed by atoms with Crippen LogP contribution < -0.4 is 0 Å². The lowest BCUT2D eigenvalue weighted by atomic mass is 9.86. The van der Waals surface area contributed by atoms with Gasteiger partial charge in [-0.2, -0.15) is 0 Å². The first-order valence-electron chi connectivity index (χ1n) is 5.78. The van der Waals surface area contributed by atoms with Gasteiger partial charge in [-0.15, -0.1) is 0 Å². The van der Waals surface area contributed by atoms with Crippen molar-refractivity contribution in [1.82, 2.24) is 0 Å². The third kappa shape index (κ3) is 2.70. The van der Waals surface area contributed by atoms with Crippen LogP contribution in [0.5, 0.6) is 0 Å². The summed E-state index contributed by atoms with van der Waals surface area (Å²) in [5.41, 5.74) is -1.11. The monoisotopic (exact) mass is 216 g/mol. The highest BCUT2D eigenvalue weighted by atomic mass is 16.6. The molecule has 1 aliphatic heterocycles. The average Bonchev–Trinajstić information content (AvgIpc) is 2.08. The Labute approximate surface area is 91.3 Å². The van der Waals surface area contributed by atoms with Crippen LogP contribution in [0, 0.1) is 5.92 Å². The molecule has 4 heteroatoms. The molecule has 0 spiro atoms. The van der Waals surface area contributed by atoms with Crippen LogP contribution in [0.25, 0.3) is 0 Å². The highest BCUT2D eigenvalue weighted by molar-refractivity contribution is 5.93.